The molecule has 1 rings (SSSR count). The van der Waals surface area contributed by atoms with Crippen LogP contribution in [-0.4, -0.2) is 18.2 Å². The molecule has 0 radical (unpaired) electrons. The lowest BCUT2D eigenvalue weighted by Crippen LogP contribution is -2.06. The van der Waals surface area contributed by atoms with E-state index in [4.69, 9.17) is 16.7 Å². The average Bonchev–Trinajstić information content (AvgIpc) is 2.18. The summed E-state index contributed by atoms with van der Waals surface area (Å²) >= 11 is 5.49. The third kappa shape index (κ3) is 2.36. The quantitative estimate of drug-likeness (QED) is 0.819. The summed E-state index contributed by atoms with van der Waals surface area (Å²) in [5.74, 6) is -3.60. The molecule has 82 valence electrons. The molecule has 1 aromatic rings. The van der Waals surface area contributed by atoms with Gasteiger partial charge < -0.3 is 9.84 Å². The van der Waals surface area contributed by atoms with Gasteiger partial charge in [-0.25, -0.2) is 8.78 Å². The lowest BCUT2D eigenvalue weighted by Gasteiger charge is -2.08. The number of ether oxygens (including phenoxy) is 1. The minimum Gasteiger partial charge on any atom is -0.495 e. The predicted octanol–water partition coefficient (Wildman–Crippen LogP) is 2.25. The van der Waals surface area contributed by atoms with Gasteiger partial charge in [-0.15, -0.1) is 0 Å². The Balaban J connectivity index is 3.29. The first-order valence-electron chi connectivity index (χ1n) is 3.89. The molecule has 0 amide bonds. The second-order valence-corrected chi connectivity index (χ2v) is 3.12. The van der Waals surface area contributed by atoms with E-state index < -0.39 is 34.6 Å². The third-order valence-electron chi connectivity index (χ3n) is 1.77. The predicted molar refractivity (Wildman–Crippen MR) is 49.3 cm³/mol. The largest absolute Gasteiger partial charge is 0.495 e. The van der Waals surface area contributed by atoms with Crippen LogP contribution in [0.4, 0.5) is 8.78 Å². The molecule has 0 atom stereocenters. The number of benzene rings is 1. The number of rotatable bonds is 3. The van der Waals surface area contributed by atoms with E-state index in [1.54, 1.807) is 0 Å². The molecule has 0 aliphatic carbocycles. The molecule has 0 bridgehead atoms. The Morgan fingerprint density at radius 3 is 2.67 bits per heavy atom. The molecule has 3 nitrogen and oxygen atoms in total. The molecule has 0 aliphatic rings. The molecule has 1 N–H and O–H groups in total. The molecule has 0 heterocycles. The topological polar surface area (TPSA) is 46.5 Å². The van der Waals surface area contributed by atoms with Crippen LogP contribution in [0.3, 0.4) is 0 Å². The summed E-state index contributed by atoms with van der Waals surface area (Å²) in [5.41, 5.74) is -0.576. The molecule has 15 heavy (non-hydrogen) atoms. The second-order valence-electron chi connectivity index (χ2n) is 2.74. The SMILES string of the molecule is COc1cc(F)c(CC(=O)O)c(F)c1Cl. The van der Waals surface area contributed by atoms with Gasteiger partial charge in [0.1, 0.15) is 16.6 Å². The summed E-state index contributed by atoms with van der Waals surface area (Å²) in [6.45, 7) is 0. The third-order valence-corrected chi connectivity index (χ3v) is 2.12. The first-order chi connectivity index (χ1) is 6.97. The first-order valence-corrected chi connectivity index (χ1v) is 4.27. The van der Waals surface area contributed by atoms with Crippen LogP contribution in [0.5, 0.6) is 5.75 Å². The number of halogens is 3. The molecule has 0 aliphatic heterocycles. The minimum absolute atomic E-state index is 0.166. The van der Waals surface area contributed by atoms with Gasteiger partial charge in [-0.1, -0.05) is 11.6 Å². The monoisotopic (exact) mass is 236 g/mol. The van der Waals surface area contributed by atoms with Gasteiger partial charge >= 0.3 is 5.97 Å². The van der Waals surface area contributed by atoms with Gasteiger partial charge in [-0.3, -0.25) is 4.79 Å². The molecule has 6 heteroatoms. The summed E-state index contributed by atoms with van der Waals surface area (Å²) in [6, 6.07) is 0.851. The van der Waals surface area contributed by atoms with Gasteiger partial charge in [0.25, 0.3) is 0 Å². The molecule has 0 unspecified atom stereocenters. The van der Waals surface area contributed by atoms with E-state index in [0.29, 0.717) is 0 Å². The van der Waals surface area contributed by atoms with Crippen molar-refractivity contribution in [3.8, 4) is 5.75 Å². The Hall–Kier alpha value is -1.36. The van der Waals surface area contributed by atoms with E-state index in [9.17, 15) is 13.6 Å². The zero-order chi connectivity index (χ0) is 11.6. The number of carbonyl (C=O) groups is 1. The number of methoxy groups -OCH3 is 1. The summed E-state index contributed by atoms with van der Waals surface area (Å²) < 4.78 is 31.2. The molecule has 0 spiro atoms. The summed E-state index contributed by atoms with van der Waals surface area (Å²) in [6.07, 6.45) is -0.763. The highest BCUT2D eigenvalue weighted by Crippen LogP contribution is 2.31. The molecule has 1 aromatic carbocycles. The van der Waals surface area contributed by atoms with Gasteiger partial charge in [0, 0.05) is 11.6 Å². The molecule has 0 fully saturated rings. The zero-order valence-corrected chi connectivity index (χ0v) is 8.44. The summed E-state index contributed by atoms with van der Waals surface area (Å²) in [4.78, 5) is 10.3. The van der Waals surface area contributed by atoms with Crippen molar-refractivity contribution in [3.05, 3.63) is 28.3 Å². The van der Waals surface area contributed by atoms with Crippen molar-refractivity contribution in [1.29, 1.82) is 0 Å². The van der Waals surface area contributed by atoms with Crippen LogP contribution < -0.4 is 4.74 Å². The average molecular weight is 237 g/mol. The second kappa shape index (κ2) is 4.44. The van der Waals surface area contributed by atoms with Crippen LogP contribution in [-0.2, 0) is 11.2 Å². The van der Waals surface area contributed by atoms with Crippen LogP contribution in [0.1, 0.15) is 5.56 Å². The van der Waals surface area contributed by atoms with Gasteiger partial charge in [-0.2, -0.15) is 0 Å². The van der Waals surface area contributed by atoms with Crippen molar-refractivity contribution in [2.45, 2.75) is 6.42 Å². The number of carboxylic acids is 1. The molecular weight excluding hydrogens is 230 g/mol. The maximum Gasteiger partial charge on any atom is 0.308 e. The number of hydrogen-bond acceptors (Lipinski definition) is 2. The highest BCUT2D eigenvalue weighted by Gasteiger charge is 2.19. The van der Waals surface area contributed by atoms with Crippen molar-refractivity contribution in [3.63, 3.8) is 0 Å². The van der Waals surface area contributed by atoms with Crippen molar-refractivity contribution in [1.82, 2.24) is 0 Å². The van der Waals surface area contributed by atoms with Crippen LogP contribution in [0, 0.1) is 11.6 Å². The van der Waals surface area contributed by atoms with Gasteiger partial charge in [0.05, 0.1) is 13.5 Å². The lowest BCUT2D eigenvalue weighted by molar-refractivity contribution is -0.136. The van der Waals surface area contributed by atoms with Crippen LogP contribution in [0.25, 0.3) is 0 Å². The zero-order valence-electron chi connectivity index (χ0n) is 7.68. The van der Waals surface area contributed by atoms with E-state index in [1.165, 1.54) is 7.11 Å². The van der Waals surface area contributed by atoms with Crippen LogP contribution >= 0.6 is 11.6 Å². The van der Waals surface area contributed by atoms with E-state index in [0.717, 1.165) is 6.07 Å². The highest BCUT2D eigenvalue weighted by molar-refractivity contribution is 6.32. The fraction of sp³-hybridized carbons (Fsp3) is 0.222. The van der Waals surface area contributed by atoms with E-state index in [1.807, 2.05) is 0 Å². The summed E-state index contributed by atoms with van der Waals surface area (Å²) in [5, 5.41) is 8.00. The standard InChI is InChI=1S/C9H7ClF2O3/c1-15-6-3-5(11)4(2-7(13)14)9(12)8(6)10/h3H,2H2,1H3,(H,13,14). The van der Waals surface area contributed by atoms with Crippen molar-refractivity contribution in [2.75, 3.05) is 7.11 Å². The number of aliphatic carboxylic acids is 1. The van der Waals surface area contributed by atoms with Crippen LogP contribution in [0.15, 0.2) is 6.07 Å². The first kappa shape index (κ1) is 11.7. The Morgan fingerprint density at radius 1 is 1.60 bits per heavy atom. The maximum absolute atomic E-state index is 13.4. The van der Waals surface area contributed by atoms with E-state index in [2.05, 4.69) is 4.74 Å². The highest BCUT2D eigenvalue weighted by atomic mass is 35.5. The van der Waals surface area contributed by atoms with E-state index >= 15 is 0 Å². The molecule has 0 saturated carbocycles. The molecular formula is C9H7ClF2O3. The van der Waals surface area contributed by atoms with Gasteiger partial charge in [-0.05, 0) is 0 Å². The fourth-order valence-electron chi connectivity index (χ4n) is 1.07. The van der Waals surface area contributed by atoms with Crippen molar-refractivity contribution < 1.29 is 23.4 Å². The fourth-order valence-corrected chi connectivity index (χ4v) is 1.32. The minimum atomic E-state index is -1.34. The maximum atomic E-state index is 13.4. The van der Waals surface area contributed by atoms with Gasteiger partial charge in [0.2, 0.25) is 0 Å². The number of carboxylic acid groups (broad SMARTS) is 1. The molecule has 0 aromatic heterocycles. The Labute approximate surface area is 89.2 Å². The Bertz CT molecular complexity index is 407. The van der Waals surface area contributed by atoms with Crippen molar-refractivity contribution >= 4 is 17.6 Å². The number of hydrogen-bond donors (Lipinski definition) is 1. The normalized spacial score (nSPS) is 10.1. The lowest BCUT2D eigenvalue weighted by atomic mass is 10.1. The van der Waals surface area contributed by atoms with Crippen molar-refractivity contribution in [2.24, 2.45) is 0 Å². The van der Waals surface area contributed by atoms with E-state index in [-0.39, 0.29) is 5.75 Å². The smallest absolute Gasteiger partial charge is 0.308 e. The van der Waals surface area contributed by atoms with Gasteiger partial charge in [0.15, 0.2) is 5.82 Å². The Kier molecular flexibility index (Phi) is 3.47. The molecule has 0 saturated heterocycles. The van der Waals surface area contributed by atoms with Crippen LogP contribution in [0.2, 0.25) is 5.02 Å². The summed E-state index contributed by atoms with van der Waals surface area (Å²) in [7, 11) is 1.21. The Morgan fingerprint density at radius 2 is 2.20 bits per heavy atom.